The fourth-order valence-electron chi connectivity index (χ4n) is 3.91. The Kier molecular flexibility index (Phi) is 5.65. The summed E-state index contributed by atoms with van der Waals surface area (Å²) in [4.78, 5) is 0.964. The summed E-state index contributed by atoms with van der Waals surface area (Å²) in [5, 5.41) is 19.2. The van der Waals surface area contributed by atoms with Crippen molar-refractivity contribution in [3.8, 4) is 34.0 Å². The lowest BCUT2D eigenvalue weighted by atomic mass is 9.83. The topological polar surface area (TPSA) is 106 Å². The number of nitrogens with zero attached hydrogens (tertiary/aromatic N) is 2. The zero-order chi connectivity index (χ0) is 23.7. The molecule has 34 heavy (non-hydrogen) atoms. The Morgan fingerprint density at radius 1 is 1.21 bits per heavy atom. The fourth-order valence-corrected chi connectivity index (χ4v) is 4.65. The molecule has 3 heterocycles. The second-order valence-electron chi connectivity index (χ2n) is 7.54. The number of aromatic nitrogens is 2. The molecule has 0 saturated heterocycles. The molecule has 7 nitrogen and oxygen atoms in total. The molecule has 0 spiro atoms. The summed E-state index contributed by atoms with van der Waals surface area (Å²) in [7, 11) is 1.55. The first-order chi connectivity index (χ1) is 16.6. The predicted molar refractivity (Wildman–Crippen MR) is 125 cm³/mol. The monoisotopic (exact) mass is 474 g/mol. The van der Waals surface area contributed by atoms with E-state index in [1.165, 1.54) is 12.1 Å². The highest BCUT2D eigenvalue weighted by atomic mass is 32.1. The Labute approximate surface area is 198 Å². The number of allylic oxidation sites excluding steroid dienone is 1. The molecule has 2 aromatic heterocycles. The van der Waals surface area contributed by atoms with Gasteiger partial charge < -0.3 is 19.9 Å². The van der Waals surface area contributed by atoms with E-state index in [0.717, 1.165) is 27.3 Å². The molecule has 2 aromatic carbocycles. The van der Waals surface area contributed by atoms with Crippen LogP contribution in [0.15, 0.2) is 71.4 Å². The SMILES string of the molecule is COc1cc([C@H]2C(C#N)=C(N)Oc3n[nH]c(-c4cccs4)c32)ccc1OCc1ccc(F)cc1. The first kappa shape index (κ1) is 21.6. The van der Waals surface area contributed by atoms with Crippen molar-refractivity contribution in [3.63, 3.8) is 0 Å². The van der Waals surface area contributed by atoms with Crippen LogP contribution < -0.4 is 19.9 Å². The molecule has 1 atom stereocenters. The number of fused-ring (bicyclic) bond motifs is 1. The summed E-state index contributed by atoms with van der Waals surface area (Å²) in [6.07, 6.45) is 0. The molecule has 0 aliphatic carbocycles. The van der Waals surface area contributed by atoms with Gasteiger partial charge in [-0.2, -0.15) is 5.26 Å². The zero-order valence-corrected chi connectivity index (χ0v) is 18.9. The van der Waals surface area contributed by atoms with Crippen molar-refractivity contribution in [2.24, 2.45) is 5.73 Å². The van der Waals surface area contributed by atoms with Gasteiger partial charge in [0, 0.05) is 0 Å². The number of nitriles is 1. The molecule has 0 amide bonds. The second-order valence-corrected chi connectivity index (χ2v) is 8.49. The molecule has 4 aromatic rings. The van der Waals surface area contributed by atoms with Crippen molar-refractivity contribution in [3.05, 3.63) is 93.9 Å². The van der Waals surface area contributed by atoms with Crippen LogP contribution in [0.5, 0.6) is 17.4 Å². The van der Waals surface area contributed by atoms with Crippen LogP contribution in [-0.2, 0) is 6.61 Å². The maximum absolute atomic E-state index is 13.2. The number of ether oxygens (including phenoxy) is 3. The standard InChI is InChI=1S/C25H19FN4O3S/c1-31-19-11-15(6-9-18(19)32-13-14-4-7-16(26)8-5-14)21-17(12-27)24(28)33-25-22(21)23(29-30-25)20-3-2-10-34-20/h2-11,21H,13,28H2,1H3,(H,29,30)/t21-/m0/s1. The van der Waals surface area contributed by atoms with Gasteiger partial charge in [-0.3, -0.25) is 5.10 Å². The van der Waals surface area contributed by atoms with Crippen molar-refractivity contribution >= 4 is 11.3 Å². The summed E-state index contributed by atoms with van der Waals surface area (Å²) in [6, 6.07) is 17.7. The minimum absolute atomic E-state index is 0.0137. The van der Waals surface area contributed by atoms with Crippen molar-refractivity contribution in [1.82, 2.24) is 10.2 Å². The van der Waals surface area contributed by atoms with E-state index in [2.05, 4.69) is 16.3 Å². The molecule has 9 heteroatoms. The van der Waals surface area contributed by atoms with Gasteiger partial charge in [0.1, 0.15) is 24.1 Å². The van der Waals surface area contributed by atoms with Crippen LogP contribution in [0, 0.1) is 17.1 Å². The van der Waals surface area contributed by atoms with Gasteiger partial charge >= 0.3 is 0 Å². The normalized spacial score (nSPS) is 14.8. The Morgan fingerprint density at radius 2 is 2.03 bits per heavy atom. The van der Waals surface area contributed by atoms with E-state index in [1.807, 2.05) is 29.6 Å². The lowest BCUT2D eigenvalue weighted by Crippen LogP contribution is -2.21. The number of nitrogens with one attached hydrogen (secondary N) is 1. The number of hydrogen-bond donors (Lipinski definition) is 2. The second kappa shape index (κ2) is 8.92. The van der Waals surface area contributed by atoms with Gasteiger partial charge in [0.25, 0.3) is 0 Å². The highest BCUT2D eigenvalue weighted by molar-refractivity contribution is 7.13. The minimum atomic E-state index is -0.510. The Hall–Kier alpha value is -4.29. The first-order valence-electron chi connectivity index (χ1n) is 10.3. The quantitative estimate of drug-likeness (QED) is 0.404. The van der Waals surface area contributed by atoms with Crippen LogP contribution in [0.1, 0.15) is 22.6 Å². The lowest BCUT2D eigenvalue weighted by molar-refractivity contribution is 0.284. The molecule has 0 radical (unpaired) electrons. The number of rotatable bonds is 6. The molecule has 0 bridgehead atoms. The highest BCUT2D eigenvalue weighted by Crippen LogP contribution is 2.47. The van der Waals surface area contributed by atoms with Gasteiger partial charge in [-0.1, -0.05) is 24.3 Å². The van der Waals surface area contributed by atoms with Gasteiger partial charge in [0.2, 0.25) is 11.8 Å². The van der Waals surface area contributed by atoms with Gasteiger partial charge in [-0.15, -0.1) is 16.4 Å². The summed E-state index contributed by atoms with van der Waals surface area (Å²) in [6.45, 7) is 0.248. The molecule has 0 saturated carbocycles. The van der Waals surface area contributed by atoms with Gasteiger partial charge in [-0.05, 0) is 46.8 Å². The van der Waals surface area contributed by atoms with E-state index in [4.69, 9.17) is 19.9 Å². The van der Waals surface area contributed by atoms with E-state index in [-0.39, 0.29) is 23.9 Å². The molecule has 3 N–H and O–H groups in total. The Balaban J connectivity index is 1.53. The van der Waals surface area contributed by atoms with E-state index >= 15 is 0 Å². The number of methoxy groups -OCH3 is 1. The maximum Gasteiger partial charge on any atom is 0.244 e. The van der Waals surface area contributed by atoms with Crippen LogP contribution in [0.25, 0.3) is 10.6 Å². The zero-order valence-electron chi connectivity index (χ0n) is 18.0. The molecule has 1 aliphatic rings. The van der Waals surface area contributed by atoms with Crippen LogP contribution in [0.2, 0.25) is 0 Å². The largest absolute Gasteiger partial charge is 0.493 e. The van der Waals surface area contributed by atoms with Crippen LogP contribution in [0.4, 0.5) is 4.39 Å². The first-order valence-corrected chi connectivity index (χ1v) is 11.2. The predicted octanol–water partition coefficient (Wildman–Crippen LogP) is 5.08. The number of benzene rings is 2. The molecule has 1 aliphatic heterocycles. The molecule has 0 fully saturated rings. The van der Waals surface area contributed by atoms with Gasteiger partial charge in [-0.25, -0.2) is 4.39 Å². The van der Waals surface area contributed by atoms with Crippen LogP contribution in [-0.4, -0.2) is 17.3 Å². The molecular formula is C25H19FN4O3S. The average molecular weight is 475 g/mol. The number of hydrogen-bond acceptors (Lipinski definition) is 7. The Morgan fingerprint density at radius 3 is 2.74 bits per heavy atom. The van der Waals surface area contributed by atoms with Crippen molar-refractivity contribution in [1.29, 1.82) is 5.26 Å². The Bertz CT molecular complexity index is 1410. The van der Waals surface area contributed by atoms with Crippen molar-refractivity contribution in [2.45, 2.75) is 12.5 Å². The smallest absolute Gasteiger partial charge is 0.244 e. The molecular weight excluding hydrogens is 455 g/mol. The third kappa shape index (κ3) is 3.84. The molecule has 0 unspecified atom stereocenters. The lowest BCUT2D eigenvalue weighted by Gasteiger charge is -2.24. The van der Waals surface area contributed by atoms with E-state index in [1.54, 1.807) is 36.6 Å². The summed E-state index contributed by atoms with van der Waals surface area (Å²) >= 11 is 1.55. The van der Waals surface area contributed by atoms with Crippen molar-refractivity contribution in [2.75, 3.05) is 7.11 Å². The number of nitrogens with two attached hydrogens (primary N) is 1. The van der Waals surface area contributed by atoms with Gasteiger partial charge in [0.15, 0.2) is 11.5 Å². The summed E-state index contributed by atoms with van der Waals surface area (Å²) in [5.74, 6) is 0.543. The summed E-state index contributed by atoms with van der Waals surface area (Å²) < 4.78 is 30.3. The third-order valence-electron chi connectivity index (χ3n) is 5.54. The molecule has 5 rings (SSSR count). The van der Waals surface area contributed by atoms with E-state index < -0.39 is 5.92 Å². The van der Waals surface area contributed by atoms with Crippen LogP contribution >= 0.6 is 11.3 Å². The number of halogens is 1. The van der Waals surface area contributed by atoms with E-state index in [0.29, 0.717) is 17.4 Å². The molecule has 170 valence electrons. The number of H-pyrrole nitrogens is 1. The third-order valence-corrected chi connectivity index (χ3v) is 6.42. The number of thiophene rings is 1. The van der Waals surface area contributed by atoms with Crippen molar-refractivity contribution < 1.29 is 18.6 Å². The average Bonchev–Trinajstić information content (AvgIpc) is 3.52. The van der Waals surface area contributed by atoms with Gasteiger partial charge in [0.05, 0.1) is 29.2 Å². The fraction of sp³-hybridized carbons (Fsp3) is 0.120. The van der Waals surface area contributed by atoms with Crippen LogP contribution in [0.3, 0.4) is 0 Å². The maximum atomic E-state index is 13.2. The minimum Gasteiger partial charge on any atom is -0.493 e. The summed E-state index contributed by atoms with van der Waals surface area (Å²) in [5.41, 5.74) is 9.47. The van der Waals surface area contributed by atoms with E-state index in [9.17, 15) is 9.65 Å². The highest BCUT2D eigenvalue weighted by Gasteiger charge is 2.36. The number of aromatic amines is 1.